The number of imidazole rings is 1. The van der Waals surface area contributed by atoms with Crippen molar-refractivity contribution in [1.29, 1.82) is 0 Å². The van der Waals surface area contributed by atoms with Crippen LogP contribution in [0.15, 0.2) is 12.5 Å². The molecule has 8 heteroatoms. The number of methoxy groups -OCH3 is 1. The van der Waals surface area contributed by atoms with Gasteiger partial charge in [-0.15, -0.1) is 25.7 Å². The van der Waals surface area contributed by atoms with E-state index >= 15 is 0 Å². The summed E-state index contributed by atoms with van der Waals surface area (Å²) in [6.07, 6.45) is 33.6. The molecule has 1 aromatic rings. The molecule has 1 aromatic heterocycles. The molecule has 1 N–H and O–H groups in total. The number of amides is 2. The molecule has 216 valence electrons. The highest BCUT2D eigenvalue weighted by Crippen LogP contribution is 2.29. The molecule has 8 nitrogen and oxygen atoms in total. The molecule has 2 saturated carbocycles. The summed E-state index contributed by atoms with van der Waals surface area (Å²) in [7, 11) is 1.82. The summed E-state index contributed by atoms with van der Waals surface area (Å²) in [5.41, 5.74) is 1.27. The summed E-state index contributed by atoms with van der Waals surface area (Å²) in [6.45, 7) is 8.53. The van der Waals surface area contributed by atoms with Crippen molar-refractivity contribution in [3.05, 3.63) is 18.2 Å². The second-order valence-corrected chi connectivity index (χ2v) is 9.21. The van der Waals surface area contributed by atoms with Crippen molar-refractivity contribution in [2.45, 2.75) is 84.8 Å². The Labute approximate surface area is 232 Å². The van der Waals surface area contributed by atoms with Crippen molar-refractivity contribution in [1.82, 2.24) is 24.7 Å². The van der Waals surface area contributed by atoms with Gasteiger partial charge in [-0.1, -0.05) is 26.7 Å². The molecule has 3 aliphatic rings. The number of hydrogen-bond acceptors (Lipinski definition) is 5. The zero-order valence-electron chi connectivity index (χ0n) is 23.1. The number of aromatic nitrogens is 2. The monoisotopic (exact) mass is 531 g/mol. The zero-order chi connectivity index (χ0) is 27.7. The number of terminal acetylenes is 2. The van der Waals surface area contributed by atoms with Crippen LogP contribution in [0.3, 0.4) is 0 Å². The topological polar surface area (TPSA) is 79.7 Å². The quantitative estimate of drug-likeness (QED) is 0.366. The molecule has 2 amide bonds. The molecule has 1 aliphatic heterocycles. The average molecular weight is 532 g/mol. The largest absolute Gasteiger partial charge is 0.381 e. The fourth-order valence-electron chi connectivity index (χ4n) is 4.21. The number of hydrogen-bond donors (Lipinski definition) is 1. The van der Waals surface area contributed by atoms with Gasteiger partial charge < -0.3 is 24.4 Å². The molecule has 4 rings (SSSR count). The Balaban J connectivity index is 0. The Kier molecular flexibility index (Phi) is 25.4. The van der Waals surface area contributed by atoms with Crippen molar-refractivity contribution in [2.24, 2.45) is 5.92 Å². The van der Waals surface area contributed by atoms with E-state index in [4.69, 9.17) is 4.74 Å². The van der Waals surface area contributed by atoms with Crippen LogP contribution in [0.2, 0.25) is 0 Å². The molecule has 0 aromatic carbocycles. The fraction of sp³-hybridized carbons (Fsp3) is 0.700. The van der Waals surface area contributed by atoms with E-state index in [0.29, 0.717) is 6.10 Å². The number of carbonyl (C=O) groups excluding carboxylic acids is 2. The summed E-state index contributed by atoms with van der Waals surface area (Å²) in [5.74, 6) is 0.779. The Morgan fingerprint density at radius 2 is 1.71 bits per heavy atom. The number of aryl methyl sites for hydroxylation is 2. The Hall–Kier alpha value is -2.81. The van der Waals surface area contributed by atoms with Gasteiger partial charge in [0, 0.05) is 64.8 Å². The maximum absolute atomic E-state index is 10.9. The minimum Gasteiger partial charge on any atom is -0.381 e. The van der Waals surface area contributed by atoms with Crippen LogP contribution in [0, 0.1) is 31.6 Å². The molecule has 0 unspecified atom stereocenters. The van der Waals surface area contributed by atoms with Gasteiger partial charge in [-0.25, -0.2) is 4.98 Å². The molecule has 2 aliphatic carbocycles. The Bertz CT molecular complexity index is 712. The van der Waals surface area contributed by atoms with Gasteiger partial charge in [0.1, 0.15) is 0 Å². The predicted octanol–water partition coefficient (Wildman–Crippen LogP) is 3.85. The molecular weight excluding hydrogens is 478 g/mol. The van der Waals surface area contributed by atoms with E-state index in [1.54, 1.807) is 4.90 Å². The van der Waals surface area contributed by atoms with E-state index in [9.17, 15) is 9.59 Å². The molecule has 0 spiro atoms. The normalized spacial score (nSPS) is 16.1. The summed E-state index contributed by atoms with van der Waals surface area (Å²) in [4.78, 5) is 28.8. The van der Waals surface area contributed by atoms with E-state index in [-0.39, 0.29) is 7.43 Å². The first kappa shape index (κ1) is 37.3. The number of carbonyl (C=O) groups is 2. The van der Waals surface area contributed by atoms with Gasteiger partial charge >= 0.3 is 0 Å². The number of rotatable bonds is 10. The van der Waals surface area contributed by atoms with E-state index in [1.165, 1.54) is 50.6 Å². The van der Waals surface area contributed by atoms with Crippen molar-refractivity contribution < 1.29 is 14.3 Å². The summed E-state index contributed by atoms with van der Waals surface area (Å²) >= 11 is 0. The Morgan fingerprint density at radius 3 is 2.16 bits per heavy atom. The molecule has 0 bridgehead atoms. The van der Waals surface area contributed by atoms with Crippen molar-refractivity contribution in [3.8, 4) is 25.7 Å². The lowest BCUT2D eigenvalue weighted by Gasteiger charge is -2.22. The molecule has 38 heavy (non-hydrogen) atoms. The van der Waals surface area contributed by atoms with Crippen molar-refractivity contribution in [3.63, 3.8) is 0 Å². The van der Waals surface area contributed by atoms with Crippen LogP contribution < -0.4 is 5.32 Å². The molecular formula is C30H53N5O3. The summed E-state index contributed by atoms with van der Waals surface area (Å²) in [5, 5.41) is 3.15. The first-order valence-electron chi connectivity index (χ1n) is 13.5. The van der Waals surface area contributed by atoms with Gasteiger partial charge in [0.05, 0.1) is 12.4 Å². The highest BCUT2D eigenvalue weighted by atomic mass is 16.5. The van der Waals surface area contributed by atoms with Crippen LogP contribution in [0.25, 0.3) is 0 Å². The molecule has 2 heterocycles. The SMILES string of the molecule is C.C#C.C#C.CCn1cncc1CCCN(C=O)CC1CC1.COC1CCCCC1.O=CN1CCNCC1. The minimum absolute atomic E-state index is 0. The third-order valence-electron chi connectivity index (χ3n) is 6.54. The third kappa shape index (κ3) is 17.6. The number of piperazine rings is 1. The smallest absolute Gasteiger partial charge is 0.209 e. The van der Waals surface area contributed by atoms with Gasteiger partial charge in [0.2, 0.25) is 12.8 Å². The van der Waals surface area contributed by atoms with Gasteiger partial charge in [-0.2, -0.15) is 0 Å². The van der Waals surface area contributed by atoms with Gasteiger partial charge in [-0.05, 0) is 51.4 Å². The maximum atomic E-state index is 10.9. The fourth-order valence-corrected chi connectivity index (χ4v) is 4.21. The standard InChI is InChI=1S/C13H21N3O.C7H14O.C5H10N2O.2C2H2.CH4/c1-2-16-10-14-8-13(16)4-3-7-15(11-17)9-12-5-6-12;1-8-7-5-3-2-4-6-7;8-5-7-3-1-6-2-4-7;2*1-2;/h8,10-12H,2-7,9H2,1H3;7H,2-6H2,1H3;5-6H,1-4H2;2*1-2H;1H4. The van der Waals surface area contributed by atoms with Gasteiger partial charge in [0.25, 0.3) is 0 Å². The van der Waals surface area contributed by atoms with Crippen LogP contribution in [-0.4, -0.2) is 84.7 Å². The minimum atomic E-state index is 0. The summed E-state index contributed by atoms with van der Waals surface area (Å²) < 4.78 is 7.35. The van der Waals surface area contributed by atoms with E-state index in [1.807, 2.05) is 24.5 Å². The van der Waals surface area contributed by atoms with Gasteiger partial charge in [-0.3, -0.25) is 9.59 Å². The lowest BCUT2D eigenvalue weighted by atomic mass is 9.98. The zero-order valence-corrected chi connectivity index (χ0v) is 23.1. The molecule has 0 radical (unpaired) electrons. The highest BCUT2D eigenvalue weighted by Gasteiger charge is 2.23. The van der Waals surface area contributed by atoms with Crippen LogP contribution in [0.4, 0.5) is 0 Å². The van der Waals surface area contributed by atoms with Crippen LogP contribution >= 0.6 is 0 Å². The number of nitrogens with zero attached hydrogens (tertiary/aromatic N) is 4. The molecule has 0 atom stereocenters. The number of nitrogens with one attached hydrogen (secondary N) is 1. The van der Waals surface area contributed by atoms with E-state index in [0.717, 1.165) is 77.4 Å². The van der Waals surface area contributed by atoms with Crippen molar-refractivity contribution in [2.75, 3.05) is 46.4 Å². The molecule has 3 fully saturated rings. The Morgan fingerprint density at radius 1 is 1.08 bits per heavy atom. The van der Waals surface area contributed by atoms with E-state index in [2.05, 4.69) is 47.5 Å². The average Bonchev–Trinajstić information content (AvgIpc) is 3.70. The summed E-state index contributed by atoms with van der Waals surface area (Å²) in [6, 6.07) is 0. The maximum Gasteiger partial charge on any atom is 0.209 e. The van der Waals surface area contributed by atoms with Gasteiger partial charge in [0.15, 0.2) is 0 Å². The first-order valence-corrected chi connectivity index (χ1v) is 13.5. The molecule has 1 saturated heterocycles. The lowest BCUT2D eigenvalue weighted by molar-refractivity contribution is -0.119. The van der Waals surface area contributed by atoms with E-state index < -0.39 is 0 Å². The van der Waals surface area contributed by atoms with Crippen LogP contribution in [-0.2, 0) is 27.3 Å². The number of ether oxygens (including phenoxy) is 1. The predicted molar refractivity (Wildman–Crippen MR) is 157 cm³/mol. The third-order valence-corrected chi connectivity index (χ3v) is 6.54. The van der Waals surface area contributed by atoms with Crippen molar-refractivity contribution >= 4 is 12.8 Å². The van der Waals surface area contributed by atoms with Crippen LogP contribution in [0.1, 0.15) is 71.4 Å². The second kappa shape index (κ2) is 25.8. The highest BCUT2D eigenvalue weighted by molar-refractivity contribution is 5.47. The lowest BCUT2D eigenvalue weighted by Crippen LogP contribution is -2.42. The second-order valence-electron chi connectivity index (χ2n) is 9.21. The van der Waals surface area contributed by atoms with Crippen LogP contribution in [0.5, 0.6) is 0 Å². The first-order chi connectivity index (χ1) is 18.2.